The van der Waals surface area contributed by atoms with Crippen LogP contribution in [-0.4, -0.2) is 36.4 Å². The second kappa shape index (κ2) is 27.9. The van der Waals surface area contributed by atoms with E-state index in [1.165, 1.54) is 96.3 Å². The van der Waals surface area contributed by atoms with Gasteiger partial charge >= 0.3 is 11.9 Å². The molecule has 37 heavy (non-hydrogen) atoms. The van der Waals surface area contributed by atoms with E-state index in [0.29, 0.717) is 12.8 Å². The normalized spacial score (nSPS) is 12.9. The molecule has 0 bridgehead atoms. The van der Waals surface area contributed by atoms with E-state index in [4.69, 9.17) is 9.47 Å². The van der Waals surface area contributed by atoms with Gasteiger partial charge in [0.05, 0.1) is 6.61 Å². The zero-order valence-corrected chi connectivity index (χ0v) is 24.9. The number of carbonyl (C=O) groups excluding carboxylic acids is 2. The molecule has 0 aromatic carbocycles. The van der Waals surface area contributed by atoms with Crippen LogP contribution in [0.3, 0.4) is 0 Å². The average molecular weight is 527 g/mol. The molecule has 0 aliphatic heterocycles. The Morgan fingerprint density at radius 1 is 0.622 bits per heavy atom. The number of hydrogen-bond donors (Lipinski definition) is 1. The lowest BCUT2D eigenvalue weighted by Gasteiger charge is -2.15. The molecule has 0 aromatic rings. The first-order valence-electron chi connectivity index (χ1n) is 16.0. The molecule has 0 radical (unpaired) electrons. The highest BCUT2D eigenvalue weighted by Crippen LogP contribution is 2.16. The van der Waals surface area contributed by atoms with Crippen LogP contribution in [0.25, 0.3) is 0 Å². The Hall–Kier alpha value is -1.10. The maximum atomic E-state index is 12.1. The van der Waals surface area contributed by atoms with Gasteiger partial charge in [0, 0.05) is 12.8 Å². The molecule has 1 N–H and O–H groups in total. The zero-order chi connectivity index (χ0) is 27.4. The number of esters is 2. The Morgan fingerprint density at radius 3 is 1.51 bits per heavy atom. The van der Waals surface area contributed by atoms with Crippen molar-refractivity contribution < 1.29 is 24.2 Å². The quantitative estimate of drug-likeness (QED) is 0.0813. The molecule has 0 saturated heterocycles. The van der Waals surface area contributed by atoms with Crippen molar-refractivity contribution >= 4 is 11.9 Å². The van der Waals surface area contributed by atoms with Crippen molar-refractivity contribution in [3.05, 3.63) is 0 Å². The van der Waals surface area contributed by atoms with Crippen LogP contribution in [0.15, 0.2) is 0 Å². The van der Waals surface area contributed by atoms with Gasteiger partial charge in [0.15, 0.2) is 6.10 Å². The van der Waals surface area contributed by atoms with Gasteiger partial charge in [-0.1, -0.05) is 143 Å². The van der Waals surface area contributed by atoms with Gasteiger partial charge in [0.25, 0.3) is 0 Å². The molecule has 5 nitrogen and oxygen atoms in total. The van der Waals surface area contributed by atoms with Crippen LogP contribution in [0.4, 0.5) is 0 Å². The van der Waals surface area contributed by atoms with Crippen LogP contribution >= 0.6 is 0 Å². The third kappa shape index (κ3) is 26.3. The number of carbonyl (C=O) groups is 2. The fraction of sp³-hybridized carbons (Fsp3) is 0.938. The monoisotopic (exact) mass is 526 g/mol. The van der Waals surface area contributed by atoms with Gasteiger partial charge in [-0.2, -0.15) is 0 Å². The van der Waals surface area contributed by atoms with Gasteiger partial charge in [0.1, 0.15) is 6.61 Å². The largest absolute Gasteiger partial charge is 0.462 e. The highest BCUT2D eigenvalue weighted by atomic mass is 16.6. The molecule has 220 valence electrons. The molecule has 0 heterocycles. The summed E-state index contributed by atoms with van der Waals surface area (Å²) in [5.41, 5.74) is 0. The number of ether oxygens (including phenoxy) is 2. The molecule has 0 amide bonds. The smallest absolute Gasteiger partial charge is 0.306 e. The van der Waals surface area contributed by atoms with Crippen molar-refractivity contribution in [2.24, 2.45) is 5.92 Å². The zero-order valence-electron chi connectivity index (χ0n) is 24.9. The highest BCUT2D eigenvalue weighted by molar-refractivity contribution is 5.70. The Labute approximate surface area is 229 Å². The first kappa shape index (κ1) is 35.9. The molecule has 0 spiro atoms. The third-order valence-electron chi connectivity index (χ3n) is 7.44. The molecule has 1 unspecified atom stereocenters. The van der Waals surface area contributed by atoms with Gasteiger partial charge < -0.3 is 14.6 Å². The summed E-state index contributed by atoms with van der Waals surface area (Å²) in [6.07, 6.45) is 25.8. The first-order chi connectivity index (χ1) is 18.0. The summed E-state index contributed by atoms with van der Waals surface area (Å²) in [5, 5.41) is 9.47. The van der Waals surface area contributed by atoms with Gasteiger partial charge in [-0.15, -0.1) is 0 Å². The lowest BCUT2D eigenvalue weighted by Crippen LogP contribution is -2.28. The van der Waals surface area contributed by atoms with E-state index in [-0.39, 0.29) is 25.2 Å². The van der Waals surface area contributed by atoms with Crippen LogP contribution in [-0.2, 0) is 19.1 Å². The van der Waals surface area contributed by atoms with Crippen LogP contribution in [0.5, 0.6) is 0 Å². The van der Waals surface area contributed by atoms with Crippen LogP contribution in [0, 0.1) is 5.92 Å². The highest BCUT2D eigenvalue weighted by Gasteiger charge is 2.16. The fourth-order valence-electron chi connectivity index (χ4n) is 4.59. The lowest BCUT2D eigenvalue weighted by molar-refractivity contribution is -0.161. The molecule has 0 aliphatic rings. The van der Waals surface area contributed by atoms with Gasteiger partial charge in [-0.05, 0) is 18.8 Å². The van der Waals surface area contributed by atoms with Crippen molar-refractivity contribution in [2.45, 2.75) is 175 Å². The number of hydrogen-bond acceptors (Lipinski definition) is 5. The molecule has 2 atom stereocenters. The summed E-state index contributed by atoms with van der Waals surface area (Å²) < 4.78 is 10.5. The lowest BCUT2D eigenvalue weighted by atomic mass is 9.99. The second-order valence-electron chi connectivity index (χ2n) is 11.1. The number of aliphatic hydroxyl groups excluding tert-OH is 1. The van der Waals surface area contributed by atoms with Gasteiger partial charge in [0.2, 0.25) is 0 Å². The minimum atomic E-state index is -0.759. The fourth-order valence-corrected chi connectivity index (χ4v) is 4.59. The Balaban J connectivity index is 3.57. The minimum absolute atomic E-state index is 0.0594. The Kier molecular flexibility index (Phi) is 27.1. The molecule has 0 aromatic heterocycles. The van der Waals surface area contributed by atoms with E-state index >= 15 is 0 Å². The number of aliphatic hydroxyl groups is 1. The van der Waals surface area contributed by atoms with E-state index in [1.807, 2.05) is 0 Å². The summed E-state index contributed by atoms with van der Waals surface area (Å²) in [6.45, 7) is 6.47. The number of rotatable bonds is 28. The van der Waals surface area contributed by atoms with Crippen molar-refractivity contribution in [3.63, 3.8) is 0 Å². The predicted molar refractivity (Wildman–Crippen MR) is 155 cm³/mol. The topological polar surface area (TPSA) is 72.8 Å². The predicted octanol–water partition coefficient (Wildman–Crippen LogP) is 9.08. The molecule has 0 aliphatic carbocycles. The summed E-state index contributed by atoms with van der Waals surface area (Å²) >= 11 is 0. The summed E-state index contributed by atoms with van der Waals surface area (Å²) in [7, 11) is 0. The van der Waals surface area contributed by atoms with Crippen LogP contribution in [0.1, 0.15) is 168 Å². The van der Waals surface area contributed by atoms with Crippen molar-refractivity contribution in [3.8, 4) is 0 Å². The molecular weight excluding hydrogens is 464 g/mol. The van der Waals surface area contributed by atoms with Gasteiger partial charge in [-0.3, -0.25) is 9.59 Å². The Bertz CT molecular complexity index is 507. The molecule has 0 fully saturated rings. The van der Waals surface area contributed by atoms with E-state index in [2.05, 4.69) is 20.8 Å². The maximum Gasteiger partial charge on any atom is 0.306 e. The summed E-state index contributed by atoms with van der Waals surface area (Å²) in [6, 6.07) is 0. The van der Waals surface area contributed by atoms with E-state index in [0.717, 1.165) is 44.4 Å². The summed E-state index contributed by atoms with van der Waals surface area (Å²) in [4.78, 5) is 24.0. The molecule has 0 rings (SSSR count). The molecule has 0 saturated carbocycles. The Morgan fingerprint density at radius 2 is 1.05 bits per heavy atom. The standard InChI is InChI=1S/C32H62O5/c1-4-6-7-8-9-12-16-19-22-25-31(34)36-28-30(27-33)37-32(35)26-23-20-17-14-11-10-13-15-18-21-24-29(3)5-2/h29-30,33H,4-28H2,1-3H3/t29?,30-/m0/s1. The third-order valence-corrected chi connectivity index (χ3v) is 7.44. The van der Waals surface area contributed by atoms with Crippen molar-refractivity contribution in [1.82, 2.24) is 0 Å². The van der Waals surface area contributed by atoms with Gasteiger partial charge in [-0.25, -0.2) is 0 Å². The molecular formula is C32H62O5. The van der Waals surface area contributed by atoms with Crippen molar-refractivity contribution in [2.75, 3.05) is 13.2 Å². The van der Waals surface area contributed by atoms with E-state index < -0.39 is 6.10 Å². The number of unbranched alkanes of at least 4 members (excludes halogenated alkanes) is 17. The van der Waals surface area contributed by atoms with E-state index in [1.54, 1.807) is 0 Å². The minimum Gasteiger partial charge on any atom is -0.462 e. The first-order valence-corrected chi connectivity index (χ1v) is 16.0. The van der Waals surface area contributed by atoms with Crippen molar-refractivity contribution in [1.29, 1.82) is 0 Å². The molecule has 5 heteroatoms. The second-order valence-corrected chi connectivity index (χ2v) is 11.1. The maximum absolute atomic E-state index is 12.1. The summed E-state index contributed by atoms with van der Waals surface area (Å²) in [5.74, 6) is 0.290. The van der Waals surface area contributed by atoms with Crippen LogP contribution in [0.2, 0.25) is 0 Å². The SMILES string of the molecule is CCCCCCCCCCCC(=O)OC[C@H](CO)OC(=O)CCCCCCCCCCCCC(C)CC. The average Bonchev–Trinajstić information content (AvgIpc) is 2.90. The van der Waals surface area contributed by atoms with Crippen LogP contribution < -0.4 is 0 Å². The van der Waals surface area contributed by atoms with E-state index in [9.17, 15) is 14.7 Å².